The fraction of sp³-hybridized carbons (Fsp3) is 0.468. The van der Waals surface area contributed by atoms with E-state index >= 15 is 0 Å². The van der Waals surface area contributed by atoms with Crippen LogP contribution < -0.4 is 27.4 Å². The first-order chi connectivity index (χ1) is 48.7. The number of rotatable bonds is 6. The molecule has 0 aliphatic carbocycles. The van der Waals surface area contributed by atoms with Crippen molar-refractivity contribution in [2.45, 2.75) is 166 Å². The van der Waals surface area contributed by atoms with Crippen molar-refractivity contribution < 1.29 is 27.4 Å². The van der Waals surface area contributed by atoms with E-state index in [4.69, 9.17) is 0 Å². The highest BCUT2D eigenvalue weighted by Gasteiger charge is 2.26. The zero-order chi connectivity index (χ0) is 78.0. The van der Waals surface area contributed by atoms with Gasteiger partial charge in [-0.05, 0) is 94.1 Å². The molecule has 102 heavy (non-hydrogen) atoms. The Morgan fingerprint density at radius 2 is 0.559 bits per heavy atom. The summed E-state index contributed by atoms with van der Waals surface area (Å²) < 4.78 is 23.7. The van der Waals surface area contributed by atoms with Crippen LogP contribution in [0.3, 0.4) is 0 Å². The maximum Gasteiger partial charge on any atom is 0.286 e. The van der Waals surface area contributed by atoms with Crippen molar-refractivity contribution in [3.8, 4) is 68.5 Å². The highest BCUT2D eigenvalue weighted by atomic mass is 15.4. The minimum absolute atomic E-state index is 0.926. The van der Waals surface area contributed by atoms with Crippen molar-refractivity contribution in [3.05, 3.63) is 173 Å². The molecule has 0 saturated heterocycles. The number of nitrogens with zero attached hydrogens (tertiary/aromatic N) is 25. The molecule has 12 aromatic rings. The van der Waals surface area contributed by atoms with E-state index in [0.29, 0.717) is 0 Å². The smallest absolute Gasteiger partial charge is 0.264 e. The molecule has 0 spiro atoms. The molecule has 0 radical (unpaired) electrons. The van der Waals surface area contributed by atoms with Crippen LogP contribution in [0, 0.1) is 83.1 Å². The molecular weight excluding hydrogens is 1280 g/mol. The second-order valence-electron chi connectivity index (χ2n) is 22.2. The van der Waals surface area contributed by atoms with Crippen molar-refractivity contribution in [3.63, 3.8) is 0 Å². The lowest BCUT2D eigenvalue weighted by Gasteiger charge is -2.02. The third-order valence-electron chi connectivity index (χ3n) is 15.9. The molecule has 25 heteroatoms. The normalized spacial score (nSPS) is 9.76. The van der Waals surface area contributed by atoms with Gasteiger partial charge in [0.2, 0.25) is 0 Å². The maximum atomic E-state index is 4.41. The van der Waals surface area contributed by atoms with Gasteiger partial charge < -0.3 is 0 Å². The van der Waals surface area contributed by atoms with Crippen molar-refractivity contribution >= 4 is 0 Å². The first kappa shape index (κ1) is 89.7. The average Bonchev–Trinajstić information content (AvgIpc) is 1.70. The molecule has 0 amide bonds. The highest BCUT2D eigenvalue weighted by molar-refractivity contribution is 5.59. The Morgan fingerprint density at radius 3 is 0.931 bits per heavy atom. The second kappa shape index (κ2) is 44.7. The van der Waals surface area contributed by atoms with Gasteiger partial charge in [-0.15, -0.1) is 28.1 Å². The largest absolute Gasteiger partial charge is 0.286 e. The molecule has 0 saturated carbocycles. The summed E-state index contributed by atoms with van der Waals surface area (Å²) in [6.45, 7) is 48.2. The number of benzene rings is 1. The van der Waals surface area contributed by atoms with E-state index in [-0.39, 0.29) is 0 Å². The Balaban J connectivity index is 0.000000593. The van der Waals surface area contributed by atoms with Gasteiger partial charge >= 0.3 is 0 Å². The van der Waals surface area contributed by atoms with Gasteiger partial charge in [-0.2, -0.15) is 0 Å². The van der Waals surface area contributed by atoms with Gasteiger partial charge in [-0.1, -0.05) is 101 Å². The number of aromatic nitrogens is 25. The lowest BCUT2D eigenvalue weighted by molar-refractivity contribution is -0.667. The van der Waals surface area contributed by atoms with Gasteiger partial charge in [0, 0.05) is 116 Å². The number of hydrogen-bond acceptors (Lipinski definition) is 13. The summed E-state index contributed by atoms with van der Waals surface area (Å²) in [7, 11) is 23.8. The summed E-state index contributed by atoms with van der Waals surface area (Å²) in [6.07, 6.45) is 15.9. The fourth-order valence-electron chi connectivity index (χ4n) is 10.5. The van der Waals surface area contributed by atoms with Gasteiger partial charge in [0.25, 0.3) is 69.9 Å². The number of aryl methyl sites for hydroxylation is 18. The monoisotopic (exact) mass is 1400 g/mol. The van der Waals surface area contributed by atoms with Gasteiger partial charge in [0.1, 0.15) is 18.3 Å². The van der Waals surface area contributed by atoms with Crippen LogP contribution in [0.15, 0.2) is 105 Å². The summed E-state index contributed by atoms with van der Waals surface area (Å²) in [5.41, 5.74) is 13.3. The molecule has 0 N–H and O–H groups in total. The summed E-state index contributed by atoms with van der Waals surface area (Å²) >= 11 is 0. The molecule has 0 unspecified atom stereocenters. The lowest BCUT2D eigenvalue weighted by Crippen LogP contribution is -2.33. The van der Waals surface area contributed by atoms with Crippen LogP contribution in [0.5, 0.6) is 0 Å². The van der Waals surface area contributed by atoms with Crippen LogP contribution in [0.2, 0.25) is 0 Å². The summed E-state index contributed by atoms with van der Waals surface area (Å²) in [5.74, 6) is 12.4. The number of pyridine rings is 3. The Morgan fingerprint density at radius 1 is 0.255 bits per heavy atom. The molecule has 0 atom stereocenters. The van der Waals surface area contributed by atoms with Crippen LogP contribution in [-0.4, -0.2) is 93.6 Å². The molecule has 0 fully saturated rings. The standard InChI is InChI=1S/C12H16N3.3C11H15N4.2C10H14N5.6C2H6/c1-9-7-5-6-8-11(9)12-14(3)10(2)13-15(12)4;1-8-7-12-6-5-10(8)11-14(3)9(2)13-15(11)4;1-8-5-6-12-7-10(8)11-14(3)9(2)13-15(11)4;1-8-10(6-5-7-12-8)11-14(3)9(2)13-15(11)4;1-7-9(5-11-6-12-7)10-14(3)8(2)13-15(10)4;1-7-5-11-6-12-9(7)10-14(3)8(2)13-15(10)4;6*1-2/h5-8H,1-4H3;3*5-7H,1-4H3;2*5-6H,1-4H3;6*1-2H3/q6*+1;;;;;;. The van der Waals surface area contributed by atoms with Gasteiger partial charge in [-0.25, -0.2) is 47.3 Å². The van der Waals surface area contributed by atoms with Gasteiger partial charge in [0.05, 0.1) is 124 Å². The molecule has 12 rings (SSSR count). The molecular formula is C77H125N25+6. The van der Waals surface area contributed by atoms with E-state index in [9.17, 15) is 0 Å². The van der Waals surface area contributed by atoms with E-state index in [1.165, 1.54) is 22.3 Å². The van der Waals surface area contributed by atoms with Crippen LogP contribution in [0.25, 0.3) is 68.5 Å². The predicted octanol–water partition coefficient (Wildman–Crippen LogP) is 11.1. The topological polar surface area (TPSA) is 220 Å². The molecule has 0 bridgehead atoms. The molecule has 11 heterocycles. The van der Waals surface area contributed by atoms with E-state index in [0.717, 1.165) is 115 Å². The number of hydrogen-bond donors (Lipinski definition) is 0. The third kappa shape index (κ3) is 22.8. The van der Waals surface area contributed by atoms with Crippen molar-refractivity contribution in [2.24, 2.45) is 84.6 Å². The van der Waals surface area contributed by atoms with Gasteiger partial charge in [-0.3, -0.25) is 15.0 Å². The zero-order valence-electron chi connectivity index (χ0n) is 69.0. The second-order valence-corrected chi connectivity index (χ2v) is 22.2. The van der Waals surface area contributed by atoms with Crippen molar-refractivity contribution in [1.29, 1.82) is 0 Å². The Hall–Kier alpha value is -10.3. The predicted molar refractivity (Wildman–Crippen MR) is 408 cm³/mol. The quantitative estimate of drug-likeness (QED) is 0.142. The van der Waals surface area contributed by atoms with Crippen LogP contribution in [-0.2, 0) is 84.6 Å². The fourth-order valence-corrected chi connectivity index (χ4v) is 10.5. The van der Waals surface area contributed by atoms with Crippen molar-refractivity contribution in [2.75, 3.05) is 0 Å². The first-order valence-electron chi connectivity index (χ1n) is 35.4. The maximum absolute atomic E-state index is 4.41. The third-order valence-corrected chi connectivity index (χ3v) is 15.9. The average molecular weight is 1400 g/mol. The van der Waals surface area contributed by atoms with Crippen LogP contribution >= 0.6 is 0 Å². The minimum Gasteiger partial charge on any atom is -0.264 e. The Labute approximate surface area is 610 Å². The first-order valence-corrected chi connectivity index (χ1v) is 35.4. The zero-order valence-corrected chi connectivity index (χ0v) is 69.0. The summed E-state index contributed by atoms with van der Waals surface area (Å²) in [5, 5.41) is 26.3. The Kier molecular flexibility index (Phi) is 39.3. The van der Waals surface area contributed by atoms with E-state index in [1.807, 2.05) is 329 Å². The highest BCUT2D eigenvalue weighted by Crippen LogP contribution is 2.22. The SMILES string of the molecule is CC.CC.CC.CC.CC.CC.Cc1ccccc1-c1n(C)nc(C)[n+]1C.Cc1ccncc1-c1n(C)nc(C)[n+]1C.Cc1cnccc1-c1n(C)nc(C)[n+]1C.Cc1cncnc1-c1n(C)nc(C)[n+]1C.Cc1ncccc1-c1n(C)nc(C)[n+]1C.Cc1ncncc1-c1n(C)nc(C)[n+]1C. The van der Waals surface area contributed by atoms with E-state index in [2.05, 4.69) is 135 Å². The van der Waals surface area contributed by atoms with Crippen LogP contribution in [0.4, 0.5) is 0 Å². The minimum atomic E-state index is 0.926. The molecule has 25 nitrogen and oxygen atoms in total. The molecule has 11 aromatic heterocycles. The van der Waals surface area contributed by atoms with Gasteiger partial charge in [0.15, 0.2) is 0 Å². The molecule has 0 aliphatic rings. The van der Waals surface area contributed by atoms with Crippen molar-refractivity contribution in [1.82, 2.24) is 93.6 Å². The van der Waals surface area contributed by atoms with E-state index < -0.39 is 0 Å². The summed E-state index contributed by atoms with van der Waals surface area (Å²) in [4.78, 5) is 29.1. The van der Waals surface area contributed by atoms with Crippen LogP contribution in [0.1, 0.15) is 152 Å². The van der Waals surface area contributed by atoms with E-state index in [1.54, 1.807) is 12.7 Å². The lowest BCUT2D eigenvalue weighted by atomic mass is 10.1. The Bertz CT molecular complexity index is 3730. The molecule has 1 aromatic carbocycles. The molecule has 0 aliphatic heterocycles. The molecule has 552 valence electrons. The summed E-state index contributed by atoms with van der Waals surface area (Å²) in [6, 6.07) is 16.4.